The molecular weight excluding hydrogens is 536 g/mol. The number of carbonyl (C=O) groups is 2. The molecule has 0 bridgehead atoms. The number of aromatic nitrogens is 2. The number of rotatable bonds is 6. The summed E-state index contributed by atoms with van der Waals surface area (Å²) in [5.41, 5.74) is -1.04. The Kier molecular flexibility index (Phi) is 8.09. The van der Waals surface area contributed by atoms with Gasteiger partial charge in [-0.1, -0.05) is 13.0 Å². The van der Waals surface area contributed by atoms with Crippen molar-refractivity contribution < 1.29 is 45.5 Å². The molecule has 9 nitrogen and oxygen atoms in total. The first kappa shape index (κ1) is 28.6. The Morgan fingerprint density at radius 1 is 1.08 bits per heavy atom. The van der Waals surface area contributed by atoms with Crippen molar-refractivity contribution in [1.29, 1.82) is 0 Å². The molecular formula is C24H27F6N5O4. The molecule has 2 fully saturated rings. The average molecular weight is 563 g/mol. The van der Waals surface area contributed by atoms with Crippen LogP contribution in [-0.4, -0.2) is 83.2 Å². The Hall–Kier alpha value is -3.36. The number of ketones is 1. The van der Waals surface area contributed by atoms with Crippen molar-refractivity contribution in [2.24, 2.45) is 5.92 Å². The first-order valence-corrected chi connectivity index (χ1v) is 12.3. The van der Waals surface area contributed by atoms with E-state index in [0.29, 0.717) is 24.5 Å². The molecule has 4 heterocycles. The van der Waals surface area contributed by atoms with Crippen LogP contribution < -0.4 is 9.80 Å². The summed E-state index contributed by atoms with van der Waals surface area (Å²) >= 11 is 0. The highest BCUT2D eigenvalue weighted by molar-refractivity contribution is 5.96. The number of Topliss-reactive ketones (excluding diaryl/α,β-unsaturated/α-hetero) is 1. The van der Waals surface area contributed by atoms with E-state index in [9.17, 15) is 35.9 Å². The van der Waals surface area contributed by atoms with Gasteiger partial charge in [0.05, 0.1) is 0 Å². The van der Waals surface area contributed by atoms with Crippen LogP contribution in [0.25, 0.3) is 0 Å². The zero-order valence-corrected chi connectivity index (χ0v) is 20.9. The molecule has 2 aliphatic heterocycles. The molecule has 0 radical (unpaired) electrons. The SMILES string of the molecule is CC1CCCN(c2nc(C(F)(F)F)c(C(=O)Cc3ccc(N4CCN(C(=O)C(O)C(F)(F)F)CC4)nc3)o2)C1. The van der Waals surface area contributed by atoms with Gasteiger partial charge in [-0.05, 0) is 30.4 Å². The molecule has 2 saturated heterocycles. The predicted octanol–water partition coefficient (Wildman–Crippen LogP) is 3.32. The molecule has 39 heavy (non-hydrogen) atoms. The number of aliphatic hydroxyl groups excluding tert-OH is 1. The molecule has 0 aromatic carbocycles. The maximum atomic E-state index is 13.6. The van der Waals surface area contributed by atoms with Crippen molar-refractivity contribution in [1.82, 2.24) is 14.9 Å². The zero-order chi connectivity index (χ0) is 28.5. The van der Waals surface area contributed by atoms with Crippen LogP contribution in [0.1, 0.15) is 41.6 Å². The lowest BCUT2D eigenvalue weighted by molar-refractivity contribution is -0.210. The highest BCUT2D eigenvalue weighted by atomic mass is 19.4. The van der Waals surface area contributed by atoms with Crippen LogP contribution in [0.3, 0.4) is 0 Å². The number of amides is 1. The van der Waals surface area contributed by atoms with E-state index < -0.39 is 48.0 Å². The van der Waals surface area contributed by atoms with Crippen LogP contribution in [0.4, 0.5) is 38.2 Å². The number of piperazine rings is 1. The molecule has 2 aliphatic rings. The number of halogens is 6. The lowest BCUT2D eigenvalue weighted by Gasteiger charge is -2.36. The van der Waals surface area contributed by atoms with Crippen LogP contribution in [0.2, 0.25) is 0 Å². The van der Waals surface area contributed by atoms with Crippen molar-refractivity contribution in [2.75, 3.05) is 49.1 Å². The Labute approximate surface area is 219 Å². The van der Waals surface area contributed by atoms with E-state index in [1.807, 2.05) is 6.92 Å². The molecule has 2 aromatic rings. The van der Waals surface area contributed by atoms with Gasteiger partial charge >= 0.3 is 12.4 Å². The fourth-order valence-corrected chi connectivity index (χ4v) is 4.63. The summed E-state index contributed by atoms with van der Waals surface area (Å²) in [5, 5.41) is 9.17. The maximum Gasteiger partial charge on any atom is 0.437 e. The third kappa shape index (κ3) is 6.62. The van der Waals surface area contributed by atoms with E-state index in [0.717, 1.165) is 17.7 Å². The predicted molar refractivity (Wildman–Crippen MR) is 125 cm³/mol. The van der Waals surface area contributed by atoms with Gasteiger partial charge in [-0.2, -0.15) is 31.3 Å². The number of piperidine rings is 1. The van der Waals surface area contributed by atoms with E-state index >= 15 is 0 Å². The van der Waals surface area contributed by atoms with Gasteiger partial charge < -0.3 is 24.2 Å². The molecule has 2 atom stereocenters. The number of hydrogen-bond donors (Lipinski definition) is 1. The number of anilines is 2. The number of hydrogen-bond acceptors (Lipinski definition) is 8. The molecule has 214 valence electrons. The number of pyridine rings is 1. The number of aliphatic hydroxyl groups is 1. The van der Waals surface area contributed by atoms with Crippen molar-refractivity contribution in [2.45, 2.75) is 44.6 Å². The average Bonchev–Trinajstić information content (AvgIpc) is 3.35. The molecule has 0 aliphatic carbocycles. The van der Waals surface area contributed by atoms with E-state index in [1.165, 1.54) is 18.3 Å². The number of nitrogens with zero attached hydrogens (tertiary/aromatic N) is 5. The monoisotopic (exact) mass is 563 g/mol. The summed E-state index contributed by atoms with van der Waals surface area (Å²) in [5.74, 6) is -2.53. The van der Waals surface area contributed by atoms with Crippen LogP contribution >= 0.6 is 0 Å². The Bertz CT molecular complexity index is 1180. The summed E-state index contributed by atoms with van der Waals surface area (Å²) in [6, 6.07) is 2.80. The molecule has 1 amide bonds. The van der Waals surface area contributed by atoms with Crippen molar-refractivity contribution in [3.63, 3.8) is 0 Å². The topological polar surface area (TPSA) is 103 Å². The minimum Gasteiger partial charge on any atom is -0.420 e. The lowest BCUT2D eigenvalue weighted by atomic mass is 10.0. The van der Waals surface area contributed by atoms with Crippen LogP contribution in [-0.2, 0) is 17.4 Å². The fraction of sp³-hybridized carbons (Fsp3) is 0.583. The highest BCUT2D eigenvalue weighted by Gasteiger charge is 2.46. The number of alkyl halides is 6. The van der Waals surface area contributed by atoms with Gasteiger partial charge in [0.15, 0.2) is 5.69 Å². The van der Waals surface area contributed by atoms with Gasteiger partial charge in [-0.15, -0.1) is 0 Å². The summed E-state index contributed by atoms with van der Waals surface area (Å²) in [6.07, 6.45) is -10.4. The first-order valence-electron chi connectivity index (χ1n) is 12.3. The number of carbonyl (C=O) groups excluding carboxylic acids is 2. The molecule has 1 N–H and O–H groups in total. The molecule has 2 aromatic heterocycles. The quantitative estimate of drug-likeness (QED) is 0.422. The Morgan fingerprint density at radius 2 is 1.77 bits per heavy atom. The second kappa shape index (κ2) is 11.0. The van der Waals surface area contributed by atoms with Crippen molar-refractivity contribution in [3.05, 3.63) is 35.3 Å². The van der Waals surface area contributed by atoms with Crippen molar-refractivity contribution >= 4 is 23.5 Å². The van der Waals surface area contributed by atoms with Crippen LogP contribution in [0.5, 0.6) is 0 Å². The van der Waals surface area contributed by atoms with Crippen LogP contribution in [0.15, 0.2) is 22.7 Å². The zero-order valence-electron chi connectivity index (χ0n) is 20.9. The molecule has 2 unspecified atom stereocenters. The maximum absolute atomic E-state index is 13.6. The van der Waals surface area contributed by atoms with E-state index in [-0.39, 0.29) is 38.1 Å². The van der Waals surface area contributed by atoms with E-state index in [1.54, 1.807) is 9.80 Å². The molecule has 0 saturated carbocycles. The van der Waals surface area contributed by atoms with Gasteiger partial charge in [0.25, 0.3) is 11.9 Å². The Balaban J connectivity index is 1.40. The fourth-order valence-electron chi connectivity index (χ4n) is 4.63. The molecule has 4 rings (SSSR count). The van der Waals surface area contributed by atoms with Gasteiger partial charge in [0, 0.05) is 51.9 Å². The first-order chi connectivity index (χ1) is 18.2. The smallest absolute Gasteiger partial charge is 0.420 e. The summed E-state index contributed by atoms with van der Waals surface area (Å²) in [7, 11) is 0. The van der Waals surface area contributed by atoms with Gasteiger partial charge in [-0.25, -0.2) is 4.98 Å². The van der Waals surface area contributed by atoms with Gasteiger partial charge in [-0.3, -0.25) is 9.59 Å². The largest absolute Gasteiger partial charge is 0.437 e. The standard InChI is InChI=1S/C24H27F6N5O4/c1-14-3-2-6-35(13-14)22-32-19(23(25,26)27)18(39-22)16(36)11-15-4-5-17(31-12-15)33-7-9-34(10-8-33)21(38)20(37)24(28,29)30/h4-5,12,14,20,37H,2-3,6-11,13H2,1H3. The minimum absolute atomic E-state index is 0.0717. The molecule has 0 spiro atoms. The van der Waals surface area contributed by atoms with Gasteiger partial charge in [0.2, 0.25) is 17.6 Å². The van der Waals surface area contributed by atoms with Crippen molar-refractivity contribution in [3.8, 4) is 0 Å². The second-order valence-electron chi connectivity index (χ2n) is 9.75. The second-order valence-corrected chi connectivity index (χ2v) is 9.75. The third-order valence-electron chi connectivity index (χ3n) is 6.70. The normalized spacial score (nSPS) is 19.8. The molecule has 15 heteroatoms. The van der Waals surface area contributed by atoms with Gasteiger partial charge in [0.1, 0.15) is 5.82 Å². The lowest BCUT2D eigenvalue weighted by Crippen LogP contribution is -2.54. The van der Waals surface area contributed by atoms with Crippen LogP contribution in [0, 0.1) is 5.92 Å². The summed E-state index contributed by atoms with van der Waals surface area (Å²) in [6.45, 7) is 3.07. The summed E-state index contributed by atoms with van der Waals surface area (Å²) < 4.78 is 84.1. The highest BCUT2D eigenvalue weighted by Crippen LogP contribution is 2.35. The number of oxazole rings is 1. The Morgan fingerprint density at radius 3 is 2.33 bits per heavy atom. The van der Waals surface area contributed by atoms with E-state index in [2.05, 4.69) is 9.97 Å². The minimum atomic E-state index is -5.05. The third-order valence-corrected chi connectivity index (χ3v) is 6.70. The van der Waals surface area contributed by atoms with E-state index in [4.69, 9.17) is 9.52 Å². The summed E-state index contributed by atoms with van der Waals surface area (Å²) in [4.78, 5) is 36.7.